The molecule has 8 nitrogen and oxygen atoms in total. The van der Waals surface area contributed by atoms with Crippen LogP contribution in [0.2, 0.25) is 0 Å². The number of nitrogens with two attached hydrogens (primary N) is 1. The molecule has 30 heavy (non-hydrogen) atoms. The molecular formula is C22H35N3O5. The third kappa shape index (κ3) is 7.67. The third-order valence-electron chi connectivity index (χ3n) is 4.31. The predicted molar refractivity (Wildman–Crippen MR) is 114 cm³/mol. The minimum absolute atomic E-state index is 0.0758. The number of nitrogens with one attached hydrogen (secondary N) is 1. The lowest BCUT2D eigenvalue weighted by Gasteiger charge is -2.38. The van der Waals surface area contributed by atoms with E-state index in [-0.39, 0.29) is 12.5 Å². The number of amides is 2. The summed E-state index contributed by atoms with van der Waals surface area (Å²) in [5, 5.41) is 2.64. The van der Waals surface area contributed by atoms with Crippen molar-refractivity contribution in [1.29, 1.82) is 0 Å². The number of carbonyl (C=O) groups excluding carboxylic acids is 3. The average molecular weight is 422 g/mol. The summed E-state index contributed by atoms with van der Waals surface area (Å²) in [5.74, 6) is -1.16. The maximum Gasteiger partial charge on any atom is 0.408 e. The number of nitrogens with zero attached hydrogens (tertiary/aromatic N) is 1. The van der Waals surface area contributed by atoms with Crippen LogP contribution in [0.3, 0.4) is 0 Å². The van der Waals surface area contributed by atoms with Crippen LogP contribution in [0.5, 0.6) is 0 Å². The number of benzene rings is 1. The molecule has 0 saturated heterocycles. The summed E-state index contributed by atoms with van der Waals surface area (Å²) in [7, 11) is 1.21. The van der Waals surface area contributed by atoms with Gasteiger partial charge in [0.2, 0.25) is 5.91 Å². The Balaban J connectivity index is 3.25. The van der Waals surface area contributed by atoms with Crippen molar-refractivity contribution in [2.75, 3.05) is 7.11 Å². The molecule has 1 rings (SSSR count). The van der Waals surface area contributed by atoms with E-state index in [0.717, 1.165) is 5.56 Å². The van der Waals surface area contributed by atoms with Crippen LogP contribution < -0.4 is 11.1 Å². The molecule has 8 heteroatoms. The van der Waals surface area contributed by atoms with Gasteiger partial charge in [0.15, 0.2) is 5.66 Å². The van der Waals surface area contributed by atoms with Crippen molar-refractivity contribution in [2.45, 2.75) is 71.8 Å². The Morgan fingerprint density at radius 1 is 1.10 bits per heavy atom. The van der Waals surface area contributed by atoms with E-state index in [1.807, 2.05) is 44.2 Å². The van der Waals surface area contributed by atoms with Crippen molar-refractivity contribution in [2.24, 2.45) is 11.7 Å². The van der Waals surface area contributed by atoms with Crippen molar-refractivity contribution in [3.63, 3.8) is 0 Å². The lowest BCUT2D eigenvalue weighted by Crippen LogP contribution is -2.65. The molecule has 0 saturated carbocycles. The van der Waals surface area contributed by atoms with Crippen molar-refractivity contribution in [1.82, 2.24) is 10.2 Å². The molecule has 3 N–H and O–H groups in total. The molecule has 0 aliphatic rings. The summed E-state index contributed by atoms with van der Waals surface area (Å²) in [6, 6.07) is 8.24. The standard InChI is InChI=1S/C22H35N3O5/c1-15(2)13-17(24-20(28)30-21(3,4)5)18(26)25(22(6,23)19(27)29-7)14-16-11-9-8-10-12-16/h8-12,15,17H,13-14,23H2,1-7H3,(H,24,28)/t17-,22+/m1/s1. The topological polar surface area (TPSA) is 111 Å². The minimum Gasteiger partial charge on any atom is -0.466 e. The van der Waals surface area contributed by atoms with Crippen LogP contribution in [0.4, 0.5) is 4.79 Å². The zero-order chi connectivity index (χ0) is 23.1. The van der Waals surface area contributed by atoms with E-state index in [0.29, 0.717) is 6.42 Å². The van der Waals surface area contributed by atoms with Gasteiger partial charge in [-0.15, -0.1) is 0 Å². The van der Waals surface area contributed by atoms with Gasteiger partial charge in [0, 0.05) is 6.54 Å². The van der Waals surface area contributed by atoms with E-state index >= 15 is 0 Å². The summed E-state index contributed by atoms with van der Waals surface area (Å²) >= 11 is 0. The highest BCUT2D eigenvalue weighted by Gasteiger charge is 2.42. The van der Waals surface area contributed by atoms with Crippen LogP contribution in [0, 0.1) is 5.92 Å². The number of rotatable bonds is 8. The lowest BCUT2D eigenvalue weighted by molar-refractivity contribution is -0.162. The maximum atomic E-state index is 13.5. The SMILES string of the molecule is COC(=O)[C@@](C)(N)N(Cc1ccccc1)C(=O)[C@@H](CC(C)C)NC(=O)OC(C)(C)C. The normalized spacial score (nSPS) is 14.4. The molecule has 0 unspecified atom stereocenters. The van der Waals surface area contributed by atoms with Crippen LogP contribution in [0.25, 0.3) is 0 Å². The average Bonchev–Trinajstić information content (AvgIpc) is 2.63. The number of methoxy groups -OCH3 is 1. The van der Waals surface area contributed by atoms with Crippen LogP contribution in [0.15, 0.2) is 30.3 Å². The van der Waals surface area contributed by atoms with E-state index in [4.69, 9.17) is 15.2 Å². The molecule has 0 spiro atoms. The Hall–Kier alpha value is -2.61. The fourth-order valence-electron chi connectivity index (χ4n) is 2.88. The second-order valence-corrected chi connectivity index (χ2v) is 8.88. The van der Waals surface area contributed by atoms with Gasteiger partial charge >= 0.3 is 12.1 Å². The van der Waals surface area contributed by atoms with Crippen molar-refractivity contribution in [3.05, 3.63) is 35.9 Å². The first-order valence-electron chi connectivity index (χ1n) is 10.00. The largest absolute Gasteiger partial charge is 0.466 e. The first-order valence-corrected chi connectivity index (χ1v) is 10.00. The van der Waals surface area contributed by atoms with Gasteiger partial charge in [-0.05, 0) is 45.6 Å². The fraction of sp³-hybridized carbons (Fsp3) is 0.591. The Bertz CT molecular complexity index is 726. The molecule has 0 radical (unpaired) electrons. The van der Waals surface area contributed by atoms with Gasteiger partial charge in [-0.1, -0.05) is 44.2 Å². The minimum atomic E-state index is -1.73. The summed E-state index contributed by atoms with van der Waals surface area (Å²) in [6.45, 7) is 10.6. The zero-order valence-electron chi connectivity index (χ0n) is 19.0. The van der Waals surface area contributed by atoms with E-state index in [1.165, 1.54) is 18.9 Å². The molecule has 0 fully saturated rings. The second-order valence-electron chi connectivity index (χ2n) is 8.88. The molecule has 0 bridgehead atoms. The Kier molecular flexibility index (Phi) is 8.84. The van der Waals surface area contributed by atoms with Gasteiger partial charge in [-0.25, -0.2) is 9.59 Å². The van der Waals surface area contributed by atoms with Gasteiger partial charge in [0.05, 0.1) is 7.11 Å². The first kappa shape index (κ1) is 25.4. The van der Waals surface area contributed by atoms with Gasteiger partial charge in [0.1, 0.15) is 11.6 Å². The molecule has 168 valence electrons. The van der Waals surface area contributed by atoms with E-state index in [1.54, 1.807) is 20.8 Å². The number of ether oxygens (including phenoxy) is 2. The highest BCUT2D eigenvalue weighted by atomic mass is 16.6. The smallest absolute Gasteiger partial charge is 0.408 e. The highest BCUT2D eigenvalue weighted by Crippen LogP contribution is 2.20. The van der Waals surface area contributed by atoms with Crippen molar-refractivity contribution >= 4 is 18.0 Å². The number of hydrogen-bond acceptors (Lipinski definition) is 6. The third-order valence-corrected chi connectivity index (χ3v) is 4.31. The fourth-order valence-corrected chi connectivity index (χ4v) is 2.88. The number of hydrogen-bond donors (Lipinski definition) is 2. The van der Waals surface area contributed by atoms with Crippen LogP contribution in [-0.4, -0.2) is 47.3 Å². The van der Waals surface area contributed by atoms with Gasteiger partial charge < -0.3 is 19.7 Å². The summed E-state index contributed by atoms with van der Waals surface area (Å²) in [5.41, 5.74) is 4.59. The van der Waals surface area contributed by atoms with Gasteiger partial charge in [-0.2, -0.15) is 0 Å². The van der Waals surface area contributed by atoms with Crippen molar-refractivity contribution in [3.8, 4) is 0 Å². The van der Waals surface area contributed by atoms with Gasteiger partial charge in [-0.3, -0.25) is 10.5 Å². The van der Waals surface area contributed by atoms with Crippen LogP contribution in [0.1, 0.15) is 53.5 Å². The van der Waals surface area contributed by atoms with Gasteiger partial charge in [0.25, 0.3) is 0 Å². The van der Waals surface area contributed by atoms with E-state index < -0.39 is 35.3 Å². The Labute approximate surface area is 179 Å². The molecule has 1 aromatic carbocycles. The number of carbonyl (C=O) groups is 3. The molecule has 2 amide bonds. The highest BCUT2D eigenvalue weighted by molar-refractivity contribution is 5.91. The van der Waals surface area contributed by atoms with E-state index in [2.05, 4.69) is 5.32 Å². The molecule has 2 atom stereocenters. The maximum absolute atomic E-state index is 13.5. The quantitative estimate of drug-likeness (QED) is 0.493. The molecular weight excluding hydrogens is 386 g/mol. The molecule has 0 aliphatic carbocycles. The summed E-state index contributed by atoms with van der Waals surface area (Å²) < 4.78 is 10.1. The summed E-state index contributed by atoms with van der Waals surface area (Å²) in [4.78, 5) is 39.5. The molecule has 0 aliphatic heterocycles. The van der Waals surface area contributed by atoms with Crippen LogP contribution in [-0.2, 0) is 25.6 Å². The first-order chi connectivity index (χ1) is 13.8. The monoisotopic (exact) mass is 421 g/mol. The second kappa shape index (κ2) is 10.4. The zero-order valence-corrected chi connectivity index (χ0v) is 19.0. The molecule has 0 heterocycles. The van der Waals surface area contributed by atoms with E-state index in [9.17, 15) is 14.4 Å². The number of esters is 1. The number of alkyl carbamates (subject to hydrolysis) is 1. The lowest BCUT2D eigenvalue weighted by atomic mass is 10.00. The summed E-state index contributed by atoms with van der Waals surface area (Å²) in [6.07, 6.45) is -0.362. The molecule has 1 aromatic rings. The Morgan fingerprint density at radius 2 is 1.67 bits per heavy atom. The predicted octanol–water partition coefficient (Wildman–Crippen LogP) is 2.80. The molecule has 0 aromatic heterocycles. The van der Waals surface area contributed by atoms with Crippen LogP contribution >= 0.6 is 0 Å². The van der Waals surface area contributed by atoms with Crippen molar-refractivity contribution < 1.29 is 23.9 Å². The Morgan fingerprint density at radius 3 is 2.13 bits per heavy atom.